The SMILES string of the molecule is CC1=CC(C(=O)c2ccccc2O)=CN2CCc3c([nH]c4ccccc34)C12C.O=C=O. The van der Waals surface area contributed by atoms with Crippen LogP contribution in [0, 0.1) is 0 Å². The fourth-order valence-electron chi connectivity index (χ4n) is 4.62. The van der Waals surface area contributed by atoms with Gasteiger partial charge < -0.3 is 15.0 Å². The summed E-state index contributed by atoms with van der Waals surface area (Å²) in [7, 11) is 0. The highest BCUT2D eigenvalue weighted by Crippen LogP contribution is 2.46. The molecule has 2 aliphatic rings. The molecule has 6 heteroatoms. The number of rotatable bonds is 2. The van der Waals surface area contributed by atoms with E-state index in [1.807, 2.05) is 12.3 Å². The third-order valence-electron chi connectivity index (χ3n) is 6.32. The number of H-pyrrole nitrogens is 1. The minimum Gasteiger partial charge on any atom is -0.507 e. The van der Waals surface area contributed by atoms with Gasteiger partial charge in [0, 0.05) is 34.9 Å². The number of carbonyl (C=O) groups is 1. The number of phenolic OH excluding ortho intramolecular Hbond substituents is 1. The van der Waals surface area contributed by atoms with Crippen LogP contribution in [-0.4, -0.2) is 33.5 Å². The molecular weight excluding hydrogens is 392 g/mol. The lowest BCUT2D eigenvalue weighted by atomic mass is 9.78. The van der Waals surface area contributed by atoms with Gasteiger partial charge in [0.05, 0.1) is 11.1 Å². The highest BCUT2D eigenvalue weighted by molar-refractivity contribution is 6.12. The topological polar surface area (TPSA) is 90.5 Å². The van der Waals surface area contributed by atoms with Gasteiger partial charge >= 0.3 is 6.15 Å². The summed E-state index contributed by atoms with van der Waals surface area (Å²) in [4.78, 5) is 35.2. The van der Waals surface area contributed by atoms with Crippen LogP contribution in [0.25, 0.3) is 10.9 Å². The van der Waals surface area contributed by atoms with Gasteiger partial charge in [-0.1, -0.05) is 30.3 Å². The molecule has 0 saturated heterocycles. The number of allylic oxidation sites excluding steroid dienone is 2. The quantitative estimate of drug-likeness (QED) is 0.617. The van der Waals surface area contributed by atoms with Crippen molar-refractivity contribution in [3.8, 4) is 5.75 Å². The van der Waals surface area contributed by atoms with Gasteiger partial charge in [-0.15, -0.1) is 0 Å². The zero-order valence-electron chi connectivity index (χ0n) is 17.3. The molecule has 5 rings (SSSR count). The van der Waals surface area contributed by atoms with E-state index in [2.05, 4.69) is 48.0 Å². The molecule has 2 aromatic carbocycles. The highest BCUT2D eigenvalue weighted by atomic mass is 16.3. The number of fused-ring (bicyclic) bond motifs is 5. The molecule has 0 amide bonds. The fourth-order valence-corrected chi connectivity index (χ4v) is 4.62. The Kier molecular flexibility index (Phi) is 5.09. The van der Waals surface area contributed by atoms with Crippen LogP contribution in [0.3, 0.4) is 0 Å². The van der Waals surface area contributed by atoms with Gasteiger partial charge in [0.2, 0.25) is 0 Å². The molecule has 0 bridgehead atoms. The third-order valence-corrected chi connectivity index (χ3v) is 6.32. The van der Waals surface area contributed by atoms with Crippen molar-refractivity contribution in [1.82, 2.24) is 9.88 Å². The Bertz CT molecular complexity index is 1280. The molecule has 0 radical (unpaired) electrons. The molecule has 156 valence electrons. The first-order chi connectivity index (χ1) is 14.9. The van der Waals surface area contributed by atoms with Crippen molar-refractivity contribution in [1.29, 1.82) is 0 Å². The molecule has 2 N–H and O–H groups in total. The number of nitrogens with zero attached hydrogens (tertiary/aromatic N) is 1. The lowest BCUT2D eigenvalue weighted by molar-refractivity contribution is -0.191. The normalized spacial score (nSPS) is 19.2. The van der Waals surface area contributed by atoms with Gasteiger partial charge in [-0.05, 0) is 55.7 Å². The van der Waals surface area contributed by atoms with E-state index in [1.165, 1.54) is 16.6 Å². The molecule has 31 heavy (non-hydrogen) atoms. The van der Waals surface area contributed by atoms with Crippen LogP contribution < -0.4 is 0 Å². The molecule has 0 saturated carbocycles. The summed E-state index contributed by atoms with van der Waals surface area (Å²) in [5.74, 6) is -0.133. The monoisotopic (exact) mass is 414 g/mol. The maximum absolute atomic E-state index is 13.0. The van der Waals surface area contributed by atoms with Gasteiger partial charge in [-0.25, -0.2) is 0 Å². The van der Waals surface area contributed by atoms with E-state index in [-0.39, 0.29) is 23.2 Å². The van der Waals surface area contributed by atoms with Crippen molar-refractivity contribution in [2.45, 2.75) is 25.8 Å². The number of nitrogens with one attached hydrogen (secondary N) is 1. The number of Topliss-reactive ketones (excluding diaryl/α,β-unsaturated/α-hetero) is 1. The van der Waals surface area contributed by atoms with E-state index >= 15 is 0 Å². The first kappa shape index (κ1) is 20.4. The molecule has 6 nitrogen and oxygen atoms in total. The number of hydrogen-bond acceptors (Lipinski definition) is 5. The Morgan fingerprint density at radius 1 is 1.13 bits per heavy atom. The molecular formula is C25H22N2O4. The van der Waals surface area contributed by atoms with Gasteiger partial charge in [-0.2, -0.15) is 9.59 Å². The number of ketones is 1. The molecule has 2 aliphatic heterocycles. The lowest BCUT2D eigenvalue weighted by Crippen LogP contribution is -2.48. The summed E-state index contributed by atoms with van der Waals surface area (Å²) in [5.41, 5.74) is 5.48. The number of carbonyl (C=O) groups excluding carboxylic acids is 3. The standard InChI is InChI=1S/C24H22N2O2.CO2/c1-15-13-16(22(28)19-8-4-6-10-21(19)27)14-26-12-11-18-17-7-3-5-9-20(17)25-23(18)24(15,26)2;2-1-3/h3-10,13-14,25,27H,11-12H2,1-2H3;. The summed E-state index contributed by atoms with van der Waals surface area (Å²) in [6.07, 6.45) is 5.10. The number of aromatic hydroxyl groups is 1. The first-order valence-corrected chi connectivity index (χ1v) is 10.0. The second kappa shape index (κ2) is 7.74. The Morgan fingerprint density at radius 3 is 2.55 bits per heavy atom. The number of para-hydroxylation sites is 2. The molecule has 0 aliphatic carbocycles. The summed E-state index contributed by atoms with van der Waals surface area (Å²) in [6.45, 7) is 5.14. The Hall–Kier alpha value is -3.89. The zero-order valence-corrected chi connectivity index (χ0v) is 17.3. The van der Waals surface area contributed by atoms with E-state index in [1.54, 1.807) is 24.3 Å². The van der Waals surface area contributed by atoms with Crippen molar-refractivity contribution >= 4 is 22.8 Å². The van der Waals surface area contributed by atoms with Crippen molar-refractivity contribution in [2.75, 3.05) is 6.54 Å². The van der Waals surface area contributed by atoms with Gasteiger partial charge in [0.1, 0.15) is 5.75 Å². The summed E-state index contributed by atoms with van der Waals surface area (Å²) >= 11 is 0. The van der Waals surface area contributed by atoms with E-state index in [0.29, 0.717) is 11.1 Å². The first-order valence-electron chi connectivity index (χ1n) is 10.0. The molecule has 1 unspecified atom stereocenters. The van der Waals surface area contributed by atoms with Crippen LogP contribution >= 0.6 is 0 Å². The lowest BCUT2D eigenvalue weighted by Gasteiger charge is -2.47. The smallest absolute Gasteiger partial charge is 0.373 e. The summed E-state index contributed by atoms with van der Waals surface area (Å²) in [6, 6.07) is 15.1. The van der Waals surface area contributed by atoms with E-state index in [4.69, 9.17) is 9.59 Å². The van der Waals surface area contributed by atoms with Crippen LogP contribution in [0.15, 0.2) is 72.0 Å². The van der Waals surface area contributed by atoms with Crippen LogP contribution in [-0.2, 0) is 21.5 Å². The zero-order chi connectivity index (χ0) is 22.2. The minimum atomic E-state index is -0.310. The van der Waals surface area contributed by atoms with Crippen molar-refractivity contribution < 1.29 is 19.5 Å². The van der Waals surface area contributed by atoms with Crippen LogP contribution in [0.1, 0.15) is 35.5 Å². The third kappa shape index (κ3) is 3.18. The highest BCUT2D eigenvalue weighted by Gasteiger charge is 2.43. The maximum Gasteiger partial charge on any atom is 0.373 e. The fraction of sp³-hybridized carbons (Fsp3) is 0.200. The molecule has 1 aromatic heterocycles. The average molecular weight is 414 g/mol. The van der Waals surface area contributed by atoms with Gasteiger partial charge in [-0.3, -0.25) is 4.79 Å². The second-order valence-electron chi connectivity index (χ2n) is 7.88. The predicted molar refractivity (Wildman–Crippen MR) is 115 cm³/mol. The van der Waals surface area contributed by atoms with Gasteiger partial charge in [0.25, 0.3) is 0 Å². The van der Waals surface area contributed by atoms with Crippen LogP contribution in [0.2, 0.25) is 0 Å². The summed E-state index contributed by atoms with van der Waals surface area (Å²) < 4.78 is 0. The number of aromatic amines is 1. The maximum atomic E-state index is 13.0. The van der Waals surface area contributed by atoms with Crippen molar-refractivity contribution in [3.63, 3.8) is 0 Å². The van der Waals surface area contributed by atoms with E-state index in [0.717, 1.165) is 24.1 Å². The van der Waals surface area contributed by atoms with Crippen molar-refractivity contribution in [3.05, 3.63) is 88.8 Å². The Morgan fingerprint density at radius 2 is 1.81 bits per heavy atom. The number of hydrogen-bond donors (Lipinski definition) is 2. The Labute approximate surface area is 179 Å². The minimum absolute atomic E-state index is 0.0179. The van der Waals surface area contributed by atoms with E-state index < -0.39 is 0 Å². The molecule has 1 atom stereocenters. The van der Waals surface area contributed by atoms with Crippen molar-refractivity contribution in [2.24, 2.45) is 0 Å². The molecule has 0 spiro atoms. The second-order valence-corrected chi connectivity index (χ2v) is 7.88. The van der Waals surface area contributed by atoms with Crippen LogP contribution in [0.5, 0.6) is 5.75 Å². The Balaban J connectivity index is 0.000000730. The number of aromatic nitrogens is 1. The average Bonchev–Trinajstić information content (AvgIpc) is 3.15. The number of phenols is 1. The molecule has 3 heterocycles. The molecule has 0 fully saturated rings. The van der Waals surface area contributed by atoms with E-state index in [9.17, 15) is 9.90 Å². The largest absolute Gasteiger partial charge is 0.507 e. The van der Waals surface area contributed by atoms with Crippen LogP contribution in [0.4, 0.5) is 0 Å². The number of benzene rings is 2. The summed E-state index contributed by atoms with van der Waals surface area (Å²) in [5, 5.41) is 11.4. The molecule has 3 aromatic rings. The van der Waals surface area contributed by atoms with Gasteiger partial charge in [0.15, 0.2) is 5.78 Å². The predicted octanol–water partition coefficient (Wildman–Crippen LogP) is 4.09.